The summed E-state index contributed by atoms with van der Waals surface area (Å²) in [6.07, 6.45) is 0. The third-order valence-electron chi connectivity index (χ3n) is 11.8. The van der Waals surface area contributed by atoms with Crippen molar-refractivity contribution < 1.29 is 0 Å². The Hall–Kier alpha value is -7.95. The zero-order valence-electron chi connectivity index (χ0n) is 31.9. The van der Waals surface area contributed by atoms with Crippen LogP contribution in [0.5, 0.6) is 0 Å². The predicted molar refractivity (Wildman–Crippen MR) is 246 cm³/mol. The molecule has 0 spiro atoms. The third-order valence-corrected chi connectivity index (χ3v) is 11.8. The van der Waals surface area contributed by atoms with Crippen LogP contribution in [0.1, 0.15) is 0 Å². The standard InChI is InChI=1S/C55H34N4/c1-2-15-37(16-3-1)44-22-12-23-46-50(59-49-24-11-10-21-45(49)48-33-40-19-8-9-20-41(40)34-51(48)59)30-29-47(52(44)46)55-57-53(42-27-25-35-13-4-6-17-38(35)31-42)56-54(58-55)43-28-26-36-14-5-7-18-39(36)32-43/h1-34H. The molecular weight excluding hydrogens is 717 g/mol. The van der Waals surface area contributed by atoms with Gasteiger partial charge in [0.2, 0.25) is 0 Å². The van der Waals surface area contributed by atoms with E-state index in [2.05, 4.69) is 211 Å². The molecular formula is C55H34N4. The Labute approximate surface area is 340 Å². The molecule has 12 aromatic rings. The number of hydrogen-bond acceptors (Lipinski definition) is 3. The van der Waals surface area contributed by atoms with Gasteiger partial charge in [-0.15, -0.1) is 0 Å². The lowest BCUT2D eigenvalue weighted by molar-refractivity contribution is 1.08. The average molecular weight is 751 g/mol. The first-order valence-electron chi connectivity index (χ1n) is 20.0. The molecule has 4 nitrogen and oxygen atoms in total. The monoisotopic (exact) mass is 750 g/mol. The van der Waals surface area contributed by atoms with Gasteiger partial charge in [-0.05, 0) is 85.9 Å². The molecule has 0 radical (unpaired) electrons. The molecule has 2 heterocycles. The van der Waals surface area contributed by atoms with Crippen molar-refractivity contribution in [2.75, 3.05) is 0 Å². The first kappa shape index (κ1) is 33.2. The molecule has 0 N–H and O–H groups in total. The molecule has 0 saturated heterocycles. The fourth-order valence-electron chi connectivity index (χ4n) is 8.96. The summed E-state index contributed by atoms with van der Waals surface area (Å²) in [6.45, 7) is 0. The summed E-state index contributed by atoms with van der Waals surface area (Å²) in [5.41, 5.74) is 8.50. The van der Waals surface area contributed by atoms with Crippen molar-refractivity contribution in [1.82, 2.24) is 19.5 Å². The molecule has 0 amide bonds. The first-order chi connectivity index (χ1) is 29.2. The molecule has 0 saturated carbocycles. The molecule has 0 aliphatic heterocycles. The van der Waals surface area contributed by atoms with E-state index in [1.807, 2.05) is 0 Å². The summed E-state index contributed by atoms with van der Waals surface area (Å²) < 4.78 is 2.44. The number of para-hydroxylation sites is 1. The Balaban J connectivity index is 1.16. The molecule has 0 fully saturated rings. The fourth-order valence-corrected chi connectivity index (χ4v) is 8.96. The lowest BCUT2D eigenvalue weighted by atomic mass is 9.93. The zero-order valence-corrected chi connectivity index (χ0v) is 31.9. The first-order valence-corrected chi connectivity index (χ1v) is 20.0. The highest BCUT2D eigenvalue weighted by Crippen LogP contribution is 2.42. The number of aromatic nitrogens is 4. The van der Waals surface area contributed by atoms with E-state index in [1.54, 1.807) is 0 Å². The van der Waals surface area contributed by atoms with Crippen LogP contribution in [0.2, 0.25) is 0 Å². The maximum Gasteiger partial charge on any atom is 0.164 e. The lowest BCUT2D eigenvalue weighted by Gasteiger charge is -2.18. The molecule has 0 aliphatic rings. The molecule has 10 aromatic carbocycles. The van der Waals surface area contributed by atoms with Gasteiger partial charge in [-0.2, -0.15) is 0 Å². The van der Waals surface area contributed by atoms with Crippen LogP contribution in [0.4, 0.5) is 0 Å². The highest BCUT2D eigenvalue weighted by atomic mass is 15.0. The van der Waals surface area contributed by atoms with Crippen LogP contribution in [-0.2, 0) is 0 Å². The molecule has 0 unspecified atom stereocenters. The maximum atomic E-state index is 5.35. The van der Waals surface area contributed by atoms with Crippen molar-refractivity contribution in [2.45, 2.75) is 0 Å². The van der Waals surface area contributed by atoms with Gasteiger partial charge < -0.3 is 4.57 Å². The second-order valence-electron chi connectivity index (χ2n) is 15.2. The average Bonchev–Trinajstić information content (AvgIpc) is 3.62. The van der Waals surface area contributed by atoms with Gasteiger partial charge in [0.1, 0.15) is 0 Å². The second kappa shape index (κ2) is 13.3. The number of hydrogen-bond donors (Lipinski definition) is 0. The summed E-state index contributed by atoms with van der Waals surface area (Å²) in [5.74, 6) is 1.89. The van der Waals surface area contributed by atoms with Crippen LogP contribution in [0, 0.1) is 0 Å². The van der Waals surface area contributed by atoms with Gasteiger partial charge in [0.05, 0.1) is 16.7 Å². The molecule has 0 atom stereocenters. The van der Waals surface area contributed by atoms with E-state index >= 15 is 0 Å². The van der Waals surface area contributed by atoms with Gasteiger partial charge in [-0.1, -0.05) is 164 Å². The highest BCUT2D eigenvalue weighted by molar-refractivity contribution is 6.16. The summed E-state index contributed by atoms with van der Waals surface area (Å²) in [7, 11) is 0. The normalized spacial score (nSPS) is 11.7. The molecule has 0 aliphatic carbocycles. The van der Waals surface area contributed by atoms with Crippen LogP contribution in [0.3, 0.4) is 0 Å². The summed E-state index contributed by atoms with van der Waals surface area (Å²) in [4.78, 5) is 15.9. The SMILES string of the molecule is c1ccc(-c2cccc3c(-n4c5ccccc5c5cc6ccccc6cc54)ccc(-c4nc(-c5ccc6ccccc6c5)nc(-c5ccc6ccccc6c5)n4)c23)cc1. The molecule has 59 heavy (non-hydrogen) atoms. The topological polar surface area (TPSA) is 43.6 Å². The summed E-state index contributed by atoms with van der Waals surface area (Å²) >= 11 is 0. The second-order valence-corrected chi connectivity index (χ2v) is 15.2. The summed E-state index contributed by atoms with van der Waals surface area (Å²) in [6, 6.07) is 73.6. The Morgan fingerprint density at radius 3 is 1.51 bits per heavy atom. The van der Waals surface area contributed by atoms with Crippen molar-refractivity contribution in [3.8, 4) is 51.0 Å². The van der Waals surface area contributed by atoms with E-state index in [9.17, 15) is 0 Å². The van der Waals surface area contributed by atoms with Crippen molar-refractivity contribution in [1.29, 1.82) is 0 Å². The molecule has 274 valence electrons. The van der Waals surface area contributed by atoms with E-state index in [0.29, 0.717) is 17.5 Å². The van der Waals surface area contributed by atoms with Crippen molar-refractivity contribution in [2.24, 2.45) is 0 Å². The smallest absolute Gasteiger partial charge is 0.164 e. The van der Waals surface area contributed by atoms with Crippen molar-refractivity contribution in [3.05, 3.63) is 206 Å². The molecule has 0 bridgehead atoms. The van der Waals surface area contributed by atoms with Crippen molar-refractivity contribution >= 4 is 64.9 Å². The van der Waals surface area contributed by atoms with Gasteiger partial charge in [0.15, 0.2) is 17.5 Å². The van der Waals surface area contributed by atoms with E-state index < -0.39 is 0 Å². The number of nitrogens with zero attached hydrogens (tertiary/aromatic N) is 4. The van der Waals surface area contributed by atoms with Gasteiger partial charge in [0, 0.05) is 38.2 Å². The Bertz CT molecular complexity index is 3520. The van der Waals surface area contributed by atoms with Gasteiger partial charge >= 0.3 is 0 Å². The van der Waals surface area contributed by atoms with E-state index in [-0.39, 0.29) is 0 Å². The quantitative estimate of drug-likeness (QED) is 0.176. The van der Waals surface area contributed by atoms with Gasteiger partial charge in [-0.3, -0.25) is 0 Å². The van der Waals surface area contributed by atoms with E-state index in [4.69, 9.17) is 15.0 Å². The van der Waals surface area contributed by atoms with E-state index in [0.717, 1.165) is 60.6 Å². The van der Waals surface area contributed by atoms with Gasteiger partial charge in [0.25, 0.3) is 0 Å². The Morgan fingerprint density at radius 1 is 0.288 bits per heavy atom. The minimum absolute atomic E-state index is 0.625. The maximum absolute atomic E-state index is 5.35. The van der Waals surface area contributed by atoms with Gasteiger partial charge in [-0.25, -0.2) is 15.0 Å². The highest BCUT2D eigenvalue weighted by Gasteiger charge is 2.21. The number of rotatable bonds is 5. The molecule has 2 aromatic heterocycles. The largest absolute Gasteiger partial charge is 0.309 e. The predicted octanol–water partition coefficient (Wildman–Crippen LogP) is 14.2. The minimum Gasteiger partial charge on any atom is -0.309 e. The van der Waals surface area contributed by atoms with Crippen molar-refractivity contribution in [3.63, 3.8) is 0 Å². The lowest BCUT2D eigenvalue weighted by Crippen LogP contribution is -2.02. The van der Waals surface area contributed by atoms with Crippen LogP contribution in [0.25, 0.3) is 116 Å². The van der Waals surface area contributed by atoms with Crippen LogP contribution in [0.15, 0.2) is 206 Å². The zero-order chi connectivity index (χ0) is 38.9. The number of benzene rings is 10. The minimum atomic E-state index is 0.625. The molecule has 4 heteroatoms. The molecule has 12 rings (SSSR count). The Morgan fingerprint density at radius 2 is 0.831 bits per heavy atom. The van der Waals surface area contributed by atoms with Crippen LogP contribution in [-0.4, -0.2) is 19.5 Å². The number of fused-ring (bicyclic) bond motifs is 7. The summed E-state index contributed by atoms with van der Waals surface area (Å²) in [5, 5.41) is 11.7. The van der Waals surface area contributed by atoms with Crippen LogP contribution >= 0.6 is 0 Å². The van der Waals surface area contributed by atoms with Crippen LogP contribution < -0.4 is 0 Å². The third kappa shape index (κ3) is 5.49. The Kier molecular flexibility index (Phi) is 7.50. The fraction of sp³-hybridized carbons (Fsp3) is 0. The van der Waals surface area contributed by atoms with E-state index in [1.165, 1.54) is 37.8 Å².